The Kier molecular flexibility index (Phi) is 7.02. The molecule has 2 rings (SSSR count). The van der Waals surface area contributed by atoms with Crippen LogP contribution in [-0.4, -0.2) is 38.0 Å². The number of benzene rings is 2. The van der Waals surface area contributed by atoms with E-state index in [1.165, 1.54) is 16.8 Å². The van der Waals surface area contributed by atoms with Gasteiger partial charge < -0.3 is 10.2 Å². The van der Waals surface area contributed by atoms with Crippen LogP contribution in [0.4, 0.5) is 5.69 Å². The van der Waals surface area contributed by atoms with Crippen LogP contribution in [0.15, 0.2) is 48.5 Å². The van der Waals surface area contributed by atoms with Gasteiger partial charge in [-0.25, -0.2) is 0 Å². The molecule has 0 fully saturated rings. The van der Waals surface area contributed by atoms with Crippen molar-refractivity contribution < 1.29 is 4.79 Å². The number of amides is 1. The first-order valence-electron chi connectivity index (χ1n) is 8.79. The highest BCUT2D eigenvalue weighted by molar-refractivity contribution is 5.78. The van der Waals surface area contributed by atoms with E-state index < -0.39 is 0 Å². The van der Waals surface area contributed by atoms with Crippen LogP contribution < -0.4 is 10.2 Å². The lowest BCUT2D eigenvalue weighted by Gasteiger charge is -2.21. The molecule has 0 aliphatic carbocycles. The van der Waals surface area contributed by atoms with Crippen molar-refractivity contribution in [3.05, 3.63) is 65.2 Å². The van der Waals surface area contributed by atoms with Crippen LogP contribution in [0.5, 0.6) is 0 Å². The number of hydrogen-bond acceptors (Lipinski definition) is 3. The zero-order valence-electron chi connectivity index (χ0n) is 15.7. The fourth-order valence-electron chi connectivity index (χ4n) is 2.70. The van der Waals surface area contributed by atoms with Crippen molar-refractivity contribution in [2.45, 2.75) is 26.9 Å². The van der Waals surface area contributed by atoms with Crippen LogP contribution in [0.25, 0.3) is 0 Å². The molecule has 0 saturated heterocycles. The summed E-state index contributed by atoms with van der Waals surface area (Å²) < 4.78 is 0. The number of carbonyl (C=O) groups is 1. The average Bonchev–Trinajstić information content (AvgIpc) is 2.61. The summed E-state index contributed by atoms with van der Waals surface area (Å²) in [5.41, 5.74) is 4.77. The fraction of sp³-hybridized carbons (Fsp3) is 0.381. The molecule has 0 saturated carbocycles. The third kappa shape index (κ3) is 5.91. The largest absolute Gasteiger partial charge is 0.378 e. The summed E-state index contributed by atoms with van der Waals surface area (Å²) in [6.07, 6.45) is 0. The maximum atomic E-state index is 12.3. The molecule has 1 amide bonds. The summed E-state index contributed by atoms with van der Waals surface area (Å²) in [4.78, 5) is 16.5. The maximum Gasteiger partial charge on any atom is 0.234 e. The topological polar surface area (TPSA) is 35.6 Å². The Morgan fingerprint density at radius 1 is 1.04 bits per heavy atom. The minimum Gasteiger partial charge on any atom is -0.378 e. The Morgan fingerprint density at radius 3 is 2.32 bits per heavy atom. The van der Waals surface area contributed by atoms with Crippen molar-refractivity contribution in [1.29, 1.82) is 0 Å². The van der Waals surface area contributed by atoms with Crippen LogP contribution in [0.3, 0.4) is 0 Å². The van der Waals surface area contributed by atoms with Crippen LogP contribution in [0.2, 0.25) is 0 Å². The van der Waals surface area contributed by atoms with Gasteiger partial charge in [-0.3, -0.25) is 9.69 Å². The number of aryl methyl sites for hydroxylation is 1. The van der Waals surface area contributed by atoms with Gasteiger partial charge in [0.05, 0.1) is 6.54 Å². The van der Waals surface area contributed by atoms with Gasteiger partial charge >= 0.3 is 0 Å². The van der Waals surface area contributed by atoms with Crippen molar-refractivity contribution in [3.8, 4) is 0 Å². The quantitative estimate of drug-likeness (QED) is 0.802. The van der Waals surface area contributed by atoms with Gasteiger partial charge in [-0.2, -0.15) is 0 Å². The highest BCUT2D eigenvalue weighted by Gasteiger charge is 2.10. The minimum absolute atomic E-state index is 0.0648. The highest BCUT2D eigenvalue weighted by atomic mass is 16.2. The Hall–Kier alpha value is -2.33. The van der Waals surface area contributed by atoms with Crippen molar-refractivity contribution in [2.24, 2.45) is 0 Å². The first-order valence-corrected chi connectivity index (χ1v) is 8.79. The normalized spacial score (nSPS) is 10.8. The molecule has 134 valence electrons. The van der Waals surface area contributed by atoms with Gasteiger partial charge in [0, 0.05) is 32.9 Å². The highest BCUT2D eigenvalue weighted by Crippen LogP contribution is 2.13. The molecule has 0 aliphatic rings. The summed E-state index contributed by atoms with van der Waals surface area (Å²) >= 11 is 0. The molecule has 4 heteroatoms. The monoisotopic (exact) mass is 339 g/mol. The van der Waals surface area contributed by atoms with E-state index in [0.29, 0.717) is 13.1 Å². The lowest BCUT2D eigenvalue weighted by atomic mass is 10.1. The first kappa shape index (κ1) is 19.0. The van der Waals surface area contributed by atoms with Gasteiger partial charge in [-0.1, -0.05) is 43.3 Å². The average molecular weight is 339 g/mol. The molecule has 0 heterocycles. The van der Waals surface area contributed by atoms with Crippen LogP contribution in [0.1, 0.15) is 23.6 Å². The molecular formula is C21H29N3O. The second-order valence-electron chi connectivity index (χ2n) is 6.57. The smallest absolute Gasteiger partial charge is 0.234 e. The molecule has 0 aliphatic heterocycles. The number of nitrogens with zero attached hydrogens (tertiary/aromatic N) is 2. The number of anilines is 1. The van der Waals surface area contributed by atoms with E-state index in [9.17, 15) is 4.79 Å². The van der Waals surface area contributed by atoms with E-state index in [2.05, 4.69) is 65.4 Å². The van der Waals surface area contributed by atoms with Gasteiger partial charge in [0.2, 0.25) is 5.91 Å². The molecule has 0 spiro atoms. The van der Waals surface area contributed by atoms with Gasteiger partial charge in [-0.05, 0) is 42.3 Å². The lowest BCUT2D eigenvalue weighted by Crippen LogP contribution is -2.36. The summed E-state index contributed by atoms with van der Waals surface area (Å²) in [6.45, 7) is 6.77. The Morgan fingerprint density at radius 2 is 1.72 bits per heavy atom. The predicted molar refractivity (Wildman–Crippen MR) is 105 cm³/mol. The maximum absolute atomic E-state index is 12.3. The predicted octanol–water partition coefficient (Wildman–Crippen LogP) is 3.20. The van der Waals surface area contributed by atoms with Gasteiger partial charge in [0.25, 0.3) is 0 Å². The molecule has 1 N–H and O–H groups in total. The summed E-state index contributed by atoms with van der Waals surface area (Å²) in [6, 6.07) is 16.6. The van der Waals surface area contributed by atoms with Gasteiger partial charge in [0.1, 0.15) is 0 Å². The van der Waals surface area contributed by atoms with Crippen molar-refractivity contribution in [1.82, 2.24) is 10.2 Å². The van der Waals surface area contributed by atoms with E-state index in [1.807, 2.05) is 26.2 Å². The first-order chi connectivity index (χ1) is 12.0. The molecule has 2 aromatic rings. The van der Waals surface area contributed by atoms with Crippen LogP contribution in [-0.2, 0) is 17.9 Å². The van der Waals surface area contributed by atoms with E-state index in [-0.39, 0.29) is 5.91 Å². The van der Waals surface area contributed by atoms with Gasteiger partial charge in [0.15, 0.2) is 0 Å². The molecule has 4 nitrogen and oxygen atoms in total. The Labute approximate surface area is 151 Å². The second-order valence-corrected chi connectivity index (χ2v) is 6.57. The lowest BCUT2D eigenvalue weighted by molar-refractivity contribution is -0.122. The van der Waals surface area contributed by atoms with Crippen molar-refractivity contribution in [2.75, 3.05) is 32.1 Å². The molecular weight excluding hydrogens is 310 g/mol. The fourth-order valence-corrected chi connectivity index (χ4v) is 2.70. The number of hydrogen-bond donors (Lipinski definition) is 1. The second kappa shape index (κ2) is 9.23. The third-order valence-electron chi connectivity index (χ3n) is 4.41. The zero-order chi connectivity index (χ0) is 18.2. The Balaban J connectivity index is 1.86. The SMILES string of the molecule is CCN(CC(=O)NCc1ccccc1C)Cc1ccc(N(C)C)cc1. The summed E-state index contributed by atoms with van der Waals surface area (Å²) in [5.74, 6) is 0.0648. The molecule has 0 radical (unpaired) electrons. The van der Waals surface area contributed by atoms with Crippen molar-refractivity contribution in [3.63, 3.8) is 0 Å². The molecule has 0 atom stereocenters. The zero-order valence-corrected chi connectivity index (χ0v) is 15.7. The van der Waals surface area contributed by atoms with Crippen LogP contribution >= 0.6 is 0 Å². The molecule has 0 aromatic heterocycles. The Bertz CT molecular complexity index is 680. The molecule has 0 unspecified atom stereocenters. The summed E-state index contributed by atoms with van der Waals surface area (Å²) in [5, 5.41) is 3.03. The molecule has 2 aromatic carbocycles. The molecule has 0 bridgehead atoms. The van der Waals surface area contributed by atoms with E-state index >= 15 is 0 Å². The third-order valence-corrected chi connectivity index (χ3v) is 4.41. The standard InChI is InChI=1S/C21H29N3O/c1-5-24(15-18-10-12-20(13-11-18)23(3)4)16-21(25)22-14-19-9-7-6-8-17(19)2/h6-13H,5,14-16H2,1-4H3,(H,22,25). The van der Waals surface area contributed by atoms with E-state index in [0.717, 1.165) is 18.7 Å². The van der Waals surface area contributed by atoms with Gasteiger partial charge in [-0.15, -0.1) is 0 Å². The van der Waals surface area contributed by atoms with Crippen molar-refractivity contribution >= 4 is 11.6 Å². The minimum atomic E-state index is 0.0648. The van der Waals surface area contributed by atoms with Crippen LogP contribution in [0, 0.1) is 6.92 Å². The number of likely N-dealkylation sites (N-methyl/N-ethyl adjacent to an activating group) is 1. The van der Waals surface area contributed by atoms with E-state index in [4.69, 9.17) is 0 Å². The number of nitrogens with one attached hydrogen (secondary N) is 1. The molecule has 25 heavy (non-hydrogen) atoms. The number of rotatable bonds is 8. The number of carbonyl (C=O) groups excluding carboxylic acids is 1. The van der Waals surface area contributed by atoms with E-state index in [1.54, 1.807) is 0 Å². The summed E-state index contributed by atoms with van der Waals surface area (Å²) in [7, 11) is 4.07.